The molecule has 0 unspecified atom stereocenters. The molecule has 7 heteroatoms. The summed E-state index contributed by atoms with van der Waals surface area (Å²) in [7, 11) is 3.43. The first-order valence-corrected chi connectivity index (χ1v) is 9.10. The number of nitrogens with one attached hydrogen (secondary N) is 2. The van der Waals surface area contributed by atoms with Crippen LogP contribution in [-0.2, 0) is 17.8 Å². The van der Waals surface area contributed by atoms with Crippen molar-refractivity contribution in [2.75, 3.05) is 33.9 Å². The summed E-state index contributed by atoms with van der Waals surface area (Å²) in [5.41, 5.74) is 1.05. The van der Waals surface area contributed by atoms with Crippen LogP contribution in [0.25, 0.3) is 0 Å². The van der Waals surface area contributed by atoms with Crippen molar-refractivity contribution in [1.82, 2.24) is 15.6 Å². The van der Waals surface area contributed by atoms with Crippen LogP contribution < -0.4 is 15.4 Å². The summed E-state index contributed by atoms with van der Waals surface area (Å²) in [6.07, 6.45) is 2.80. The minimum Gasteiger partial charge on any atom is -0.496 e. The van der Waals surface area contributed by atoms with Crippen LogP contribution in [-0.4, -0.2) is 44.8 Å². The zero-order valence-corrected chi connectivity index (χ0v) is 15.9. The molecule has 0 aliphatic rings. The van der Waals surface area contributed by atoms with Crippen molar-refractivity contribution < 1.29 is 9.47 Å². The zero-order chi connectivity index (χ0) is 17.9. The molecule has 1 aromatic carbocycles. The van der Waals surface area contributed by atoms with Gasteiger partial charge in [-0.15, -0.1) is 11.3 Å². The van der Waals surface area contributed by atoms with Gasteiger partial charge in [-0.05, 0) is 13.0 Å². The Morgan fingerprint density at radius 1 is 1.24 bits per heavy atom. The summed E-state index contributed by atoms with van der Waals surface area (Å²) in [5, 5.41) is 7.66. The summed E-state index contributed by atoms with van der Waals surface area (Å²) >= 11 is 1.73. The normalized spacial score (nSPS) is 11.4. The number of ether oxygens (including phenoxy) is 2. The number of thiazole rings is 1. The second-order valence-electron chi connectivity index (χ2n) is 5.40. The van der Waals surface area contributed by atoms with E-state index in [2.05, 4.69) is 27.5 Å². The topological polar surface area (TPSA) is 67.8 Å². The molecular weight excluding hydrogens is 336 g/mol. The van der Waals surface area contributed by atoms with Crippen LogP contribution in [0.1, 0.15) is 15.4 Å². The number of benzene rings is 1. The van der Waals surface area contributed by atoms with Crippen molar-refractivity contribution in [2.24, 2.45) is 4.99 Å². The number of aryl methyl sites for hydroxylation is 1. The number of aliphatic imine (C=N–C) groups is 1. The van der Waals surface area contributed by atoms with Gasteiger partial charge in [0.15, 0.2) is 5.96 Å². The molecule has 136 valence electrons. The summed E-state index contributed by atoms with van der Waals surface area (Å²) in [4.78, 5) is 9.81. The van der Waals surface area contributed by atoms with Gasteiger partial charge in [0, 0.05) is 43.2 Å². The first kappa shape index (κ1) is 19.2. The summed E-state index contributed by atoms with van der Waals surface area (Å²) in [6.45, 7) is 4.67. The van der Waals surface area contributed by atoms with Gasteiger partial charge in [-0.2, -0.15) is 0 Å². The van der Waals surface area contributed by atoms with Gasteiger partial charge in [0.2, 0.25) is 0 Å². The smallest absolute Gasteiger partial charge is 0.191 e. The molecule has 0 bridgehead atoms. The van der Waals surface area contributed by atoms with Crippen LogP contribution in [0, 0.1) is 6.92 Å². The molecule has 0 amide bonds. The molecular formula is C18H26N4O2S. The Morgan fingerprint density at radius 3 is 2.76 bits per heavy atom. The van der Waals surface area contributed by atoms with Gasteiger partial charge < -0.3 is 20.1 Å². The maximum Gasteiger partial charge on any atom is 0.191 e. The maximum atomic E-state index is 5.70. The Labute approximate surface area is 153 Å². The van der Waals surface area contributed by atoms with E-state index in [1.807, 2.05) is 30.5 Å². The summed E-state index contributed by atoms with van der Waals surface area (Å²) in [6, 6.07) is 7.88. The van der Waals surface area contributed by atoms with E-state index in [0.717, 1.165) is 35.2 Å². The third kappa shape index (κ3) is 6.72. The Kier molecular flexibility index (Phi) is 8.21. The molecule has 0 radical (unpaired) electrons. The molecule has 0 aliphatic carbocycles. The average molecular weight is 362 g/mol. The van der Waals surface area contributed by atoms with Crippen LogP contribution in [0.15, 0.2) is 35.5 Å². The SMILES string of the molecule is CN=C(NCCOCc1ccccc1OC)NCCc1ncc(C)s1. The first-order valence-electron chi connectivity index (χ1n) is 8.28. The highest BCUT2D eigenvalue weighted by atomic mass is 32.1. The monoisotopic (exact) mass is 362 g/mol. The highest BCUT2D eigenvalue weighted by Crippen LogP contribution is 2.17. The standard InChI is InChI=1S/C18H26N4O2S/c1-14-12-22-17(25-14)8-9-20-18(19-2)21-10-11-24-13-15-6-4-5-7-16(15)23-3/h4-7,12H,8-11,13H2,1-3H3,(H2,19,20,21). The highest BCUT2D eigenvalue weighted by Gasteiger charge is 2.03. The van der Waals surface area contributed by atoms with Crippen LogP contribution >= 0.6 is 11.3 Å². The van der Waals surface area contributed by atoms with E-state index in [4.69, 9.17) is 9.47 Å². The number of hydrogen-bond donors (Lipinski definition) is 2. The Morgan fingerprint density at radius 2 is 2.04 bits per heavy atom. The summed E-state index contributed by atoms with van der Waals surface area (Å²) in [5.74, 6) is 1.62. The van der Waals surface area contributed by atoms with Crippen molar-refractivity contribution >= 4 is 17.3 Å². The second-order valence-corrected chi connectivity index (χ2v) is 6.72. The van der Waals surface area contributed by atoms with Crippen molar-refractivity contribution in [3.63, 3.8) is 0 Å². The minimum absolute atomic E-state index is 0.529. The molecule has 0 atom stereocenters. The van der Waals surface area contributed by atoms with Crippen molar-refractivity contribution in [3.8, 4) is 5.75 Å². The van der Waals surface area contributed by atoms with Gasteiger partial charge >= 0.3 is 0 Å². The number of methoxy groups -OCH3 is 1. The minimum atomic E-state index is 0.529. The average Bonchev–Trinajstić information content (AvgIpc) is 3.05. The molecule has 0 saturated heterocycles. The van der Waals surface area contributed by atoms with Gasteiger partial charge in [-0.25, -0.2) is 4.98 Å². The lowest BCUT2D eigenvalue weighted by atomic mass is 10.2. The predicted molar refractivity (Wildman–Crippen MR) is 103 cm³/mol. The van der Waals surface area contributed by atoms with Crippen LogP contribution in [0.5, 0.6) is 5.75 Å². The Balaban J connectivity index is 1.61. The molecule has 1 heterocycles. The fourth-order valence-corrected chi connectivity index (χ4v) is 3.06. The number of hydrogen-bond acceptors (Lipinski definition) is 5. The molecule has 2 N–H and O–H groups in total. The third-order valence-electron chi connectivity index (χ3n) is 3.51. The van der Waals surface area contributed by atoms with E-state index in [1.165, 1.54) is 4.88 Å². The Bertz CT molecular complexity index is 673. The van der Waals surface area contributed by atoms with Crippen molar-refractivity contribution in [2.45, 2.75) is 20.0 Å². The molecule has 0 aliphatic heterocycles. The lowest BCUT2D eigenvalue weighted by Gasteiger charge is -2.12. The number of rotatable bonds is 9. The van der Waals surface area contributed by atoms with E-state index in [0.29, 0.717) is 19.8 Å². The lowest BCUT2D eigenvalue weighted by Crippen LogP contribution is -2.39. The van der Waals surface area contributed by atoms with Crippen LogP contribution in [0.3, 0.4) is 0 Å². The third-order valence-corrected chi connectivity index (χ3v) is 4.49. The van der Waals surface area contributed by atoms with Gasteiger partial charge in [0.05, 0.1) is 25.3 Å². The van der Waals surface area contributed by atoms with Crippen LogP contribution in [0.4, 0.5) is 0 Å². The van der Waals surface area contributed by atoms with Gasteiger partial charge in [0.1, 0.15) is 5.75 Å². The molecule has 25 heavy (non-hydrogen) atoms. The largest absolute Gasteiger partial charge is 0.496 e. The highest BCUT2D eigenvalue weighted by molar-refractivity contribution is 7.11. The van der Waals surface area contributed by atoms with E-state index in [-0.39, 0.29) is 0 Å². The van der Waals surface area contributed by atoms with Crippen LogP contribution in [0.2, 0.25) is 0 Å². The number of nitrogens with zero attached hydrogens (tertiary/aromatic N) is 2. The predicted octanol–water partition coefficient (Wildman–Crippen LogP) is 2.38. The number of guanidine groups is 1. The molecule has 0 spiro atoms. The van der Waals surface area contributed by atoms with Gasteiger partial charge in [-0.1, -0.05) is 18.2 Å². The van der Waals surface area contributed by atoms with E-state index < -0.39 is 0 Å². The van der Waals surface area contributed by atoms with E-state index >= 15 is 0 Å². The molecule has 6 nitrogen and oxygen atoms in total. The molecule has 2 rings (SSSR count). The van der Waals surface area contributed by atoms with E-state index in [9.17, 15) is 0 Å². The lowest BCUT2D eigenvalue weighted by molar-refractivity contribution is 0.123. The van der Waals surface area contributed by atoms with E-state index in [1.54, 1.807) is 25.5 Å². The number of aromatic nitrogens is 1. The first-order chi connectivity index (χ1) is 12.2. The maximum absolute atomic E-state index is 5.70. The fourth-order valence-electron chi connectivity index (χ4n) is 2.27. The van der Waals surface area contributed by atoms with Crippen molar-refractivity contribution in [3.05, 3.63) is 45.9 Å². The zero-order valence-electron chi connectivity index (χ0n) is 15.0. The van der Waals surface area contributed by atoms with Crippen molar-refractivity contribution in [1.29, 1.82) is 0 Å². The quantitative estimate of drug-likeness (QED) is 0.407. The molecule has 0 saturated carbocycles. The van der Waals surface area contributed by atoms with Gasteiger partial charge in [0.25, 0.3) is 0 Å². The second kappa shape index (κ2) is 10.7. The molecule has 0 fully saturated rings. The summed E-state index contributed by atoms with van der Waals surface area (Å²) < 4.78 is 11.0. The fraction of sp³-hybridized carbons (Fsp3) is 0.444. The number of para-hydroxylation sites is 1. The molecule has 2 aromatic rings. The molecule has 1 aromatic heterocycles. The van der Waals surface area contributed by atoms with Gasteiger partial charge in [-0.3, -0.25) is 4.99 Å². The Hall–Kier alpha value is -2.12.